The predicted molar refractivity (Wildman–Crippen MR) is 373 cm³/mol. The Bertz CT molecular complexity index is 3070. The van der Waals surface area contributed by atoms with E-state index in [0.29, 0.717) is 30.8 Å². The van der Waals surface area contributed by atoms with Crippen molar-refractivity contribution in [2.24, 2.45) is 17.8 Å². The second-order valence-corrected chi connectivity index (χ2v) is 28.0. The molecule has 0 radical (unpaired) electrons. The van der Waals surface area contributed by atoms with Crippen LogP contribution in [-0.2, 0) is 52.5 Å². The van der Waals surface area contributed by atoms with Crippen LogP contribution in [0, 0.1) is 17.8 Å². The van der Waals surface area contributed by atoms with E-state index >= 15 is 0 Å². The smallest absolute Gasteiger partial charge is 0.407 e. The monoisotopic (exact) mass is 1330 g/mol. The molecular formula is C77H109N5O14. The topological polar surface area (TPSA) is 252 Å². The van der Waals surface area contributed by atoms with Gasteiger partial charge in [0.05, 0.1) is 39.0 Å². The molecule has 96 heavy (non-hydrogen) atoms. The molecule has 1 aliphatic carbocycles. The van der Waals surface area contributed by atoms with Crippen LogP contribution in [0.25, 0.3) is 11.1 Å². The maximum absolute atomic E-state index is 14.6. The standard InChI is InChI=1S/C77H109N5O14/c1-15-16-17-18-19-20-21-22-23-28-58(47-68(84)79-64(71(86)80-66(46-51(4)5)74(89)96-77(10,11)12)43-44-67(83)82-70(53-34-39-56(91-13)40-35-53)54-36-41-57(92-14)42-37-54)94-73(88)52(6)33-38-55(45-50(2)3)78-72(87)65(48-69(85)95-76(7,8)9)81-75(90)93-49-63-61-31-26-24-29-59(61)60-30-25-27-32-62(60)63/h24-27,29-42,50-52,55,58,63-66,70H,15-23,28,43-49H2,1-14H3,(H,78,87)(H,79,84)(H,80,86)(H,81,90)(H,82,83)/b38-33+/t52-,55-,58?,64?,65?,66?/m0/s1. The Morgan fingerprint density at radius 1 is 0.510 bits per heavy atom. The summed E-state index contributed by atoms with van der Waals surface area (Å²) >= 11 is 0. The number of esters is 3. The van der Waals surface area contributed by atoms with Crippen molar-refractivity contribution in [3.8, 4) is 22.6 Å². The number of benzene rings is 4. The van der Waals surface area contributed by atoms with Crippen LogP contribution < -0.4 is 36.1 Å². The van der Waals surface area contributed by atoms with E-state index in [4.69, 9.17) is 28.4 Å². The minimum Gasteiger partial charge on any atom is -0.497 e. The van der Waals surface area contributed by atoms with Gasteiger partial charge in [-0.05, 0) is 150 Å². The lowest BCUT2D eigenvalue weighted by Crippen LogP contribution is -2.53. The zero-order valence-corrected chi connectivity index (χ0v) is 59.4. The number of hydrogen-bond acceptors (Lipinski definition) is 14. The highest BCUT2D eigenvalue weighted by Crippen LogP contribution is 2.44. The Balaban J connectivity index is 1.35. The second kappa shape index (κ2) is 39.1. The van der Waals surface area contributed by atoms with Gasteiger partial charge < -0.3 is 55.0 Å². The Morgan fingerprint density at radius 3 is 1.55 bits per heavy atom. The Morgan fingerprint density at radius 2 is 1.03 bits per heavy atom. The summed E-state index contributed by atoms with van der Waals surface area (Å²) in [6.07, 6.45) is 10.5. The van der Waals surface area contributed by atoms with Crippen molar-refractivity contribution in [2.75, 3.05) is 20.8 Å². The van der Waals surface area contributed by atoms with Gasteiger partial charge in [0.15, 0.2) is 0 Å². The van der Waals surface area contributed by atoms with Crippen LogP contribution >= 0.6 is 0 Å². The maximum Gasteiger partial charge on any atom is 0.407 e. The van der Waals surface area contributed by atoms with E-state index in [9.17, 15) is 38.4 Å². The number of rotatable bonds is 39. The van der Waals surface area contributed by atoms with Gasteiger partial charge >= 0.3 is 24.0 Å². The van der Waals surface area contributed by atoms with Crippen LogP contribution in [0.5, 0.6) is 11.5 Å². The summed E-state index contributed by atoms with van der Waals surface area (Å²) in [5, 5.41) is 14.4. The number of alkyl carbamates (subject to hydrolysis) is 1. The zero-order chi connectivity index (χ0) is 70.5. The third kappa shape index (κ3) is 27.5. The van der Waals surface area contributed by atoms with Crippen molar-refractivity contribution in [3.63, 3.8) is 0 Å². The minimum absolute atomic E-state index is 0.0210. The SMILES string of the molecule is CCCCCCCCCCCC(CC(=O)NC(CCC(=O)NC(c1ccc(OC)cc1)c1ccc(OC)cc1)C(=O)NC(CC(C)C)C(=O)OC(C)(C)C)OC(=O)[C@@H](C)/C=C/[C@@H](CC(C)C)NC(=O)C(CC(=O)OC(C)(C)C)NC(=O)OCC1c2ccccc2-c2ccccc21. The quantitative estimate of drug-likeness (QED) is 0.0121. The highest BCUT2D eigenvalue weighted by Gasteiger charge is 2.35. The fourth-order valence-electron chi connectivity index (χ4n) is 11.6. The molecule has 526 valence electrons. The molecule has 0 heterocycles. The first-order chi connectivity index (χ1) is 45.6. The zero-order valence-electron chi connectivity index (χ0n) is 59.4. The number of carbonyl (C=O) groups excluding carboxylic acids is 8. The van der Waals surface area contributed by atoms with Crippen LogP contribution in [0.1, 0.15) is 220 Å². The van der Waals surface area contributed by atoms with Gasteiger partial charge in [-0.3, -0.25) is 28.8 Å². The van der Waals surface area contributed by atoms with Crippen molar-refractivity contribution in [3.05, 3.63) is 131 Å². The van der Waals surface area contributed by atoms with Gasteiger partial charge in [0.2, 0.25) is 23.6 Å². The van der Waals surface area contributed by atoms with E-state index in [1.165, 1.54) is 12.8 Å². The van der Waals surface area contributed by atoms with Crippen LogP contribution in [0.2, 0.25) is 0 Å². The lowest BCUT2D eigenvalue weighted by molar-refractivity contribution is -0.159. The van der Waals surface area contributed by atoms with Crippen molar-refractivity contribution >= 4 is 47.6 Å². The summed E-state index contributed by atoms with van der Waals surface area (Å²) in [6, 6.07) is 25.3. The number of nitrogens with one attached hydrogen (secondary N) is 5. The molecule has 6 atom stereocenters. The third-order valence-corrected chi connectivity index (χ3v) is 16.4. The van der Waals surface area contributed by atoms with Gasteiger partial charge in [0.25, 0.3) is 0 Å². The Hall–Kier alpha value is -8.22. The molecular weight excluding hydrogens is 1220 g/mol. The van der Waals surface area contributed by atoms with E-state index in [-0.39, 0.29) is 50.0 Å². The van der Waals surface area contributed by atoms with Crippen molar-refractivity contribution in [1.82, 2.24) is 26.6 Å². The van der Waals surface area contributed by atoms with E-state index in [2.05, 4.69) is 33.5 Å². The average molecular weight is 1330 g/mol. The number of carbonyl (C=O) groups is 8. The van der Waals surface area contributed by atoms with Gasteiger partial charge in [-0.2, -0.15) is 0 Å². The predicted octanol–water partition coefficient (Wildman–Crippen LogP) is 13.6. The fourth-order valence-corrected chi connectivity index (χ4v) is 11.6. The number of fused-ring (bicyclic) bond motifs is 3. The highest BCUT2D eigenvalue weighted by atomic mass is 16.6. The lowest BCUT2D eigenvalue weighted by Gasteiger charge is -2.27. The molecule has 5 amide bonds. The van der Waals surface area contributed by atoms with Gasteiger partial charge in [0, 0.05) is 18.4 Å². The first-order valence-corrected chi connectivity index (χ1v) is 34.5. The number of unbranched alkanes of at least 4 members (excludes halogenated alkanes) is 8. The molecule has 19 heteroatoms. The number of hydrogen-bond donors (Lipinski definition) is 5. The van der Waals surface area contributed by atoms with Crippen molar-refractivity contribution < 1.29 is 66.8 Å². The maximum atomic E-state index is 14.6. The summed E-state index contributed by atoms with van der Waals surface area (Å²) in [5.41, 5.74) is 3.89. The molecule has 19 nitrogen and oxygen atoms in total. The summed E-state index contributed by atoms with van der Waals surface area (Å²) in [7, 11) is 3.13. The van der Waals surface area contributed by atoms with Gasteiger partial charge in [-0.15, -0.1) is 0 Å². The van der Waals surface area contributed by atoms with Crippen molar-refractivity contribution in [2.45, 2.75) is 239 Å². The second-order valence-electron chi connectivity index (χ2n) is 28.0. The van der Waals surface area contributed by atoms with Gasteiger partial charge in [-0.1, -0.05) is 171 Å². The number of amides is 5. The molecule has 4 aromatic carbocycles. The number of methoxy groups -OCH3 is 2. The van der Waals surface area contributed by atoms with Gasteiger partial charge in [-0.25, -0.2) is 9.59 Å². The molecule has 1 aliphatic rings. The average Bonchev–Trinajstić information content (AvgIpc) is 1.68. The van der Waals surface area contributed by atoms with Gasteiger partial charge in [0.1, 0.15) is 53.5 Å². The Labute approximate surface area is 570 Å². The Kier molecular flexibility index (Phi) is 32.0. The molecule has 0 aliphatic heterocycles. The molecule has 0 fully saturated rings. The first kappa shape index (κ1) is 78.5. The number of ether oxygens (including phenoxy) is 6. The molecule has 0 saturated carbocycles. The largest absolute Gasteiger partial charge is 0.497 e. The van der Waals surface area contributed by atoms with E-state index in [1.54, 1.807) is 99.1 Å². The van der Waals surface area contributed by atoms with Crippen molar-refractivity contribution in [1.29, 1.82) is 0 Å². The minimum atomic E-state index is -1.40. The highest BCUT2D eigenvalue weighted by molar-refractivity contribution is 5.92. The molecule has 4 aromatic rings. The summed E-state index contributed by atoms with van der Waals surface area (Å²) in [5.74, 6) is -4.30. The van der Waals surface area contributed by atoms with E-state index in [1.807, 2.05) is 100 Å². The van der Waals surface area contributed by atoms with Crippen LogP contribution in [0.3, 0.4) is 0 Å². The van der Waals surface area contributed by atoms with Crippen LogP contribution in [0.15, 0.2) is 109 Å². The molecule has 0 spiro atoms. The van der Waals surface area contributed by atoms with E-state index in [0.717, 1.165) is 71.9 Å². The summed E-state index contributed by atoms with van der Waals surface area (Å²) in [6.45, 7) is 21.9. The normalized spacial score (nSPS) is 14.1. The molecule has 5 rings (SSSR count). The summed E-state index contributed by atoms with van der Waals surface area (Å²) < 4.78 is 34.1. The molecule has 0 aromatic heterocycles. The first-order valence-electron chi connectivity index (χ1n) is 34.5. The molecule has 5 N–H and O–H groups in total. The summed E-state index contributed by atoms with van der Waals surface area (Å²) in [4.78, 5) is 113. The van der Waals surface area contributed by atoms with Crippen LogP contribution in [-0.4, -0.2) is 110 Å². The lowest BCUT2D eigenvalue weighted by atomic mass is 9.97. The molecule has 0 saturated heterocycles. The van der Waals surface area contributed by atoms with E-state index < -0.39 is 107 Å². The molecule has 4 unspecified atom stereocenters. The fraction of sp³-hybridized carbons (Fsp3) is 0.558. The molecule has 0 bridgehead atoms. The van der Waals surface area contributed by atoms with Crippen LogP contribution in [0.4, 0.5) is 4.79 Å². The third-order valence-electron chi connectivity index (χ3n) is 16.4.